The zero-order chi connectivity index (χ0) is 21.6. The lowest BCUT2D eigenvalue weighted by atomic mass is 10.1. The molecule has 0 atom stereocenters. The third kappa shape index (κ3) is 5.41. The predicted molar refractivity (Wildman–Crippen MR) is 98.5 cm³/mol. The molecule has 2 rings (SSSR count). The summed E-state index contributed by atoms with van der Waals surface area (Å²) in [5, 5.41) is 0. The number of rotatable bonds is 6. The molecule has 10 heteroatoms. The van der Waals surface area contributed by atoms with E-state index in [-0.39, 0.29) is 23.4 Å². The summed E-state index contributed by atoms with van der Waals surface area (Å²) >= 11 is 0. The number of aromatic nitrogens is 1. The quantitative estimate of drug-likeness (QED) is 0.495. The molecule has 0 unspecified atom stereocenters. The second kappa shape index (κ2) is 9.49. The standard InChI is InChI=1S/C19H20FN3O6/c1-4-28-18(26)15-10(2)16(21-11(15)3)19(27)29-9-14(24)22-23-17(25)12-5-7-13(20)8-6-12/h5-8,21H,4,9H2,1-3H3,(H,22,24)(H,23,25). The van der Waals surface area contributed by atoms with Crippen molar-refractivity contribution in [3.63, 3.8) is 0 Å². The third-order valence-electron chi connectivity index (χ3n) is 3.88. The lowest BCUT2D eigenvalue weighted by Crippen LogP contribution is -2.43. The van der Waals surface area contributed by atoms with Crippen LogP contribution in [0.25, 0.3) is 0 Å². The first kappa shape index (κ1) is 21.6. The van der Waals surface area contributed by atoms with E-state index in [1.807, 2.05) is 0 Å². The summed E-state index contributed by atoms with van der Waals surface area (Å²) < 4.78 is 22.7. The van der Waals surface area contributed by atoms with Gasteiger partial charge in [0.15, 0.2) is 6.61 Å². The topological polar surface area (TPSA) is 127 Å². The average Bonchev–Trinajstić information content (AvgIpc) is 2.99. The van der Waals surface area contributed by atoms with Crippen molar-refractivity contribution in [1.29, 1.82) is 0 Å². The molecule has 154 valence electrons. The van der Waals surface area contributed by atoms with Gasteiger partial charge in [-0.2, -0.15) is 0 Å². The van der Waals surface area contributed by atoms with Gasteiger partial charge in [0, 0.05) is 11.3 Å². The van der Waals surface area contributed by atoms with Crippen LogP contribution in [0.15, 0.2) is 24.3 Å². The van der Waals surface area contributed by atoms with Gasteiger partial charge in [-0.05, 0) is 50.6 Å². The maximum atomic E-state index is 12.8. The fraction of sp³-hybridized carbons (Fsp3) is 0.263. The number of hydrazine groups is 1. The van der Waals surface area contributed by atoms with Crippen molar-refractivity contribution in [2.45, 2.75) is 20.8 Å². The Balaban J connectivity index is 1.89. The number of aryl methyl sites for hydroxylation is 1. The summed E-state index contributed by atoms with van der Waals surface area (Å²) in [7, 11) is 0. The van der Waals surface area contributed by atoms with Crippen LogP contribution in [0.4, 0.5) is 4.39 Å². The van der Waals surface area contributed by atoms with Gasteiger partial charge in [0.25, 0.3) is 11.8 Å². The smallest absolute Gasteiger partial charge is 0.355 e. The molecule has 9 nitrogen and oxygen atoms in total. The number of ether oxygens (including phenoxy) is 2. The van der Waals surface area contributed by atoms with Crippen LogP contribution < -0.4 is 10.9 Å². The molecule has 0 saturated carbocycles. The van der Waals surface area contributed by atoms with Crippen LogP contribution in [-0.2, 0) is 14.3 Å². The Labute approximate surface area is 165 Å². The highest BCUT2D eigenvalue weighted by molar-refractivity contribution is 5.99. The molecule has 0 aliphatic carbocycles. The summed E-state index contributed by atoms with van der Waals surface area (Å²) in [6.45, 7) is 4.34. The molecule has 29 heavy (non-hydrogen) atoms. The minimum Gasteiger partial charge on any atom is -0.462 e. The number of carbonyl (C=O) groups is 4. The van der Waals surface area contributed by atoms with E-state index in [0.717, 1.165) is 12.1 Å². The molecule has 0 aliphatic heterocycles. The highest BCUT2D eigenvalue weighted by atomic mass is 19.1. The molecule has 1 aromatic heterocycles. The van der Waals surface area contributed by atoms with Crippen molar-refractivity contribution >= 4 is 23.8 Å². The van der Waals surface area contributed by atoms with Crippen molar-refractivity contribution in [3.05, 3.63) is 58.2 Å². The van der Waals surface area contributed by atoms with Gasteiger partial charge in [0.1, 0.15) is 11.5 Å². The SMILES string of the molecule is CCOC(=O)c1c(C)[nH]c(C(=O)OCC(=O)NNC(=O)c2ccc(F)cc2)c1C. The van der Waals surface area contributed by atoms with E-state index in [1.165, 1.54) is 12.1 Å². The van der Waals surface area contributed by atoms with Crippen molar-refractivity contribution < 1.29 is 33.0 Å². The number of benzene rings is 1. The van der Waals surface area contributed by atoms with Crippen LogP contribution in [0, 0.1) is 19.7 Å². The van der Waals surface area contributed by atoms with Gasteiger partial charge in [0.2, 0.25) is 0 Å². The predicted octanol–water partition coefficient (Wildman–Crippen LogP) is 1.57. The van der Waals surface area contributed by atoms with E-state index in [2.05, 4.69) is 15.8 Å². The van der Waals surface area contributed by atoms with Crippen LogP contribution in [0.5, 0.6) is 0 Å². The number of nitrogens with one attached hydrogen (secondary N) is 3. The van der Waals surface area contributed by atoms with Crippen molar-refractivity contribution in [2.24, 2.45) is 0 Å². The lowest BCUT2D eigenvalue weighted by molar-refractivity contribution is -0.125. The van der Waals surface area contributed by atoms with Crippen LogP contribution in [0.1, 0.15) is 49.4 Å². The fourth-order valence-corrected chi connectivity index (χ4v) is 2.50. The van der Waals surface area contributed by atoms with E-state index in [4.69, 9.17) is 9.47 Å². The van der Waals surface area contributed by atoms with E-state index < -0.39 is 36.2 Å². The van der Waals surface area contributed by atoms with Gasteiger partial charge in [-0.3, -0.25) is 20.4 Å². The molecule has 0 saturated heterocycles. The monoisotopic (exact) mass is 405 g/mol. The van der Waals surface area contributed by atoms with Crippen LogP contribution >= 0.6 is 0 Å². The summed E-state index contributed by atoms with van der Waals surface area (Å²) in [6, 6.07) is 4.69. The van der Waals surface area contributed by atoms with E-state index in [9.17, 15) is 23.6 Å². The van der Waals surface area contributed by atoms with Gasteiger partial charge >= 0.3 is 11.9 Å². The van der Waals surface area contributed by atoms with Gasteiger partial charge in [-0.1, -0.05) is 0 Å². The van der Waals surface area contributed by atoms with Crippen molar-refractivity contribution in [1.82, 2.24) is 15.8 Å². The first-order chi connectivity index (χ1) is 13.7. The Hall–Kier alpha value is -3.69. The second-order valence-corrected chi connectivity index (χ2v) is 5.93. The van der Waals surface area contributed by atoms with Gasteiger partial charge in [-0.15, -0.1) is 0 Å². The number of hydrogen-bond acceptors (Lipinski definition) is 6. The number of halogens is 1. The highest BCUT2D eigenvalue weighted by Crippen LogP contribution is 2.19. The molecule has 1 heterocycles. The first-order valence-electron chi connectivity index (χ1n) is 8.62. The van der Waals surface area contributed by atoms with E-state index in [0.29, 0.717) is 11.3 Å². The average molecular weight is 405 g/mol. The Bertz CT molecular complexity index is 936. The number of H-pyrrole nitrogens is 1. The summed E-state index contributed by atoms with van der Waals surface area (Å²) in [6.07, 6.45) is 0. The molecular weight excluding hydrogens is 385 g/mol. The molecule has 0 aliphatic rings. The summed E-state index contributed by atoms with van der Waals surface area (Å²) in [5.74, 6) is -3.38. The molecule has 0 fully saturated rings. The Kier molecular flexibility index (Phi) is 7.07. The largest absolute Gasteiger partial charge is 0.462 e. The number of carbonyl (C=O) groups excluding carboxylic acids is 4. The van der Waals surface area contributed by atoms with Gasteiger partial charge in [-0.25, -0.2) is 14.0 Å². The minimum atomic E-state index is -0.846. The number of hydrogen-bond donors (Lipinski definition) is 3. The maximum absolute atomic E-state index is 12.8. The molecule has 2 aromatic rings. The molecule has 0 spiro atoms. The Morgan fingerprint density at radius 1 is 1.00 bits per heavy atom. The lowest BCUT2D eigenvalue weighted by Gasteiger charge is -2.08. The van der Waals surface area contributed by atoms with Crippen LogP contribution in [0.2, 0.25) is 0 Å². The number of amides is 2. The zero-order valence-corrected chi connectivity index (χ0v) is 16.1. The van der Waals surface area contributed by atoms with Gasteiger partial charge in [0.05, 0.1) is 12.2 Å². The number of esters is 2. The molecule has 1 aromatic carbocycles. The molecule has 0 bridgehead atoms. The zero-order valence-electron chi connectivity index (χ0n) is 16.1. The second-order valence-electron chi connectivity index (χ2n) is 5.93. The van der Waals surface area contributed by atoms with E-state index >= 15 is 0 Å². The molecule has 0 radical (unpaired) electrons. The highest BCUT2D eigenvalue weighted by Gasteiger charge is 2.24. The fourth-order valence-electron chi connectivity index (χ4n) is 2.50. The Morgan fingerprint density at radius 2 is 1.66 bits per heavy atom. The van der Waals surface area contributed by atoms with Crippen molar-refractivity contribution in [3.8, 4) is 0 Å². The van der Waals surface area contributed by atoms with Crippen LogP contribution in [0.3, 0.4) is 0 Å². The Morgan fingerprint density at radius 3 is 2.28 bits per heavy atom. The third-order valence-corrected chi connectivity index (χ3v) is 3.88. The van der Waals surface area contributed by atoms with Crippen LogP contribution in [-0.4, -0.2) is 42.0 Å². The molecular formula is C19H20FN3O6. The summed E-state index contributed by atoms with van der Waals surface area (Å²) in [5.41, 5.74) is 5.35. The first-order valence-corrected chi connectivity index (χ1v) is 8.62. The minimum absolute atomic E-state index is 0.0219. The normalized spacial score (nSPS) is 10.2. The van der Waals surface area contributed by atoms with Gasteiger partial charge < -0.3 is 14.5 Å². The maximum Gasteiger partial charge on any atom is 0.355 e. The van der Waals surface area contributed by atoms with E-state index in [1.54, 1.807) is 20.8 Å². The molecule has 2 amide bonds. The molecule has 3 N–H and O–H groups in total. The summed E-state index contributed by atoms with van der Waals surface area (Å²) in [4.78, 5) is 50.5. The number of aromatic amines is 1. The van der Waals surface area contributed by atoms with Crippen molar-refractivity contribution in [2.75, 3.05) is 13.2 Å².